The summed E-state index contributed by atoms with van der Waals surface area (Å²) in [6.07, 6.45) is 5.16. The number of aryl methyl sites for hydroxylation is 1. The maximum Gasteiger partial charge on any atom is 0.328 e. The molecule has 9 nitrogen and oxygen atoms in total. The Kier molecular flexibility index (Phi) is 10.3. The maximum atomic E-state index is 13.3. The van der Waals surface area contributed by atoms with Crippen LogP contribution in [0.2, 0.25) is 5.02 Å². The van der Waals surface area contributed by atoms with Crippen LogP contribution < -0.4 is 5.32 Å². The molecule has 3 N–H and O–H groups in total. The van der Waals surface area contributed by atoms with Gasteiger partial charge in [-0.15, -0.1) is 0 Å². The number of hydrogen-bond acceptors (Lipinski definition) is 4. The molecule has 3 aromatic rings. The van der Waals surface area contributed by atoms with Crippen molar-refractivity contribution in [2.75, 3.05) is 39.8 Å². The lowest BCUT2D eigenvalue weighted by atomic mass is 10.1. The van der Waals surface area contributed by atoms with E-state index >= 15 is 0 Å². The largest absolute Gasteiger partial charge is 0.478 e. The lowest BCUT2D eigenvalue weighted by Crippen LogP contribution is -2.35. The number of aliphatic carboxylic acids is 2. The van der Waals surface area contributed by atoms with Gasteiger partial charge in [-0.2, -0.15) is 0 Å². The van der Waals surface area contributed by atoms with Gasteiger partial charge in [0.2, 0.25) is 0 Å². The van der Waals surface area contributed by atoms with Crippen LogP contribution in [0, 0.1) is 5.82 Å². The molecule has 2 heterocycles. The van der Waals surface area contributed by atoms with E-state index in [0.29, 0.717) is 17.2 Å². The molecule has 1 fully saturated rings. The first-order valence-corrected chi connectivity index (χ1v) is 12.4. The quantitative estimate of drug-likeness (QED) is 0.332. The summed E-state index contributed by atoms with van der Waals surface area (Å²) in [4.78, 5) is 34.9. The fourth-order valence-electron chi connectivity index (χ4n) is 4.09. The monoisotopic (exact) mass is 544 g/mol. The molecule has 2 aromatic carbocycles. The number of carboxylic acid groups (broad SMARTS) is 2. The second-order valence-electron chi connectivity index (χ2n) is 8.80. The van der Waals surface area contributed by atoms with Crippen LogP contribution in [0.5, 0.6) is 0 Å². The Balaban J connectivity index is 0.000000436. The summed E-state index contributed by atoms with van der Waals surface area (Å²) in [7, 11) is 2.09. The molecular formula is C27H30ClFN4O5. The molecule has 0 atom stereocenters. The number of likely N-dealkylation sites (N-methyl/N-ethyl adjacent to an activating group) is 1. The van der Waals surface area contributed by atoms with Gasteiger partial charge in [0.1, 0.15) is 5.82 Å². The molecule has 0 bridgehead atoms. The molecule has 0 spiro atoms. The fraction of sp³-hybridized carbons (Fsp3) is 0.296. The number of carboxylic acids is 2. The molecule has 11 heteroatoms. The predicted octanol–water partition coefficient (Wildman–Crippen LogP) is 4.02. The Morgan fingerprint density at radius 1 is 1.11 bits per heavy atom. The Hall–Kier alpha value is -3.89. The number of benzene rings is 2. The minimum Gasteiger partial charge on any atom is -0.478 e. The number of rotatable bonds is 10. The first-order chi connectivity index (χ1) is 18.1. The van der Waals surface area contributed by atoms with Gasteiger partial charge in [0.15, 0.2) is 0 Å². The highest BCUT2D eigenvalue weighted by molar-refractivity contribution is 6.31. The minimum absolute atomic E-state index is 0.0360. The van der Waals surface area contributed by atoms with Crippen molar-refractivity contribution in [3.8, 4) is 5.69 Å². The Morgan fingerprint density at radius 2 is 1.79 bits per heavy atom. The van der Waals surface area contributed by atoms with Crippen LogP contribution in [0.3, 0.4) is 0 Å². The van der Waals surface area contributed by atoms with Gasteiger partial charge in [0.25, 0.3) is 0 Å². The second kappa shape index (κ2) is 13.6. The van der Waals surface area contributed by atoms with Gasteiger partial charge in [0.05, 0.1) is 5.52 Å². The summed E-state index contributed by atoms with van der Waals surface area (Å²) in [6.45, 7) is 4.08. The molecule has 1 aliphatic heterocycles. The molecular weight excluding hydrogens is 515 g/mol. The van der Waals surface area contributed by atoms with Crippen LogP contribution in [0.25, 0.3) is 16.6 Å². The van der Waals surface area contributed by atoms with Gasteiger partial charge in [-0.3, -0.25) is 0 Å². The Labute approximate surface area is 224 Å². The van der Waals surface area contributed by atoms with E-state index in [4.69, 9.17) is 21.8 Å². The number of carbonyl (C=O) groups excluding carboxylic acids is 1. The zero-order valence-electron chi connectivity index (χ0n) is 20.9. The number of nitrogens with one attached hydrogen (secondary N) is 1. The number of aromatic nitrogens is 1. The molecule has 1 aromatic heterocycles. The van der Waals surface area contributed by atoms with Crippen molar-refractivity contribution < 1.29 is 29.0 Å². The molecule has 1 aliphatic rings. The van der Waals surface area contributed by atoms with E-state index in [0.717, 1.165) is 62.2 Å². The van der Waals surface area contributed by atoms with Crippen LogP contribution >= 0.6 is 11.6 Å². The molecule has 0 saturated carbocycles. The second-order valence-corrected chi connectivity index (χ2v) is 9.23. The topological polar surface area (TPSA) is 115 Å². The number of halogens is 2. The standard InChI is InChI=1S/C23H26ClFN4O.C4H4O4/c1-27(13-14-28-12-10-26-23(28)30)11-2-3-17-16-29(20-7-5-19(25)6-8-20)22-9-4-18(24)15-21(17)22;5-3(6)1-2-4(7)8/h4-9,15-16H,2-3,10-14H2,1H3,(H,26,30);1-2H,(H,5,6)(H,7,8)/b;2-1+. The van der Waals surface area contributed by atoms with Crippen molar-refractivity contribution in [2.24, 2.45) is 0 Å². The summed E-state index contributed by atoms with van der Waals surface area (Å²) in [6, 6.07) is 12.5. The zero-order valence-corrected chi connectivity index (χ0v) is 21.7. The highest BCUT2D eigenvalue weighted by Gasteiger charge is 2.19. The number of carbonyl (C=O) groups is 3. The van der Waals surface area contributed by atoms with Gasteiger partial charge in [0, 0.05) is 60.6 Å². The van der Waals surface area contributed by atoms with Crippen molar-refractivity contribution in [3.63, 3.8) is 0 Å². The van der Waals surface area contributed by atoms with Gasteiger partial charge in [-0.1, -0.05) is 11.6 Å². The third-order valence-electron chi connectivity index (χ3n) is 6.01. The molecule has 202 valence electrons. The number of fused-ring (bicyclic) bond motifs is 1. The fourth-order valence-corrected chi connectivity index (χ4v) is 4.27. The Morgan fingerprint density at radius 3 is 2.39 bits per heavy atom. The molecule has 38 heavy (non-hydrogen) atoms. The van der Waals surface area contributed by atoms with E-state index in [9.17, 15) is 18.8 Å². The van der Waals surface area contributed by atoms with Crippen LogP contribution in [-0.2, 0) is 16.0 Å². The third-order valence-corrected chi connectivity index (χ3v) is 6.24. The van der Waals surface area contributed by atoms with Gasteiger partial charge >= 0.3 is 18.0 Å². The van der Waals surface area contributed by atoms with E-state index < -0.39 is 11.9 Å². The van der Waals surface area contributed by atoms with Gasteiger partial charge in [-0.25, -0.2) is 18.8 Å². The molecule has 0 aliphatic carbocycles. The van der Waals surface area contributed by atoms with Crippen molar-refractivity contribution in [2.45, 2.75) is 12.8 Å². The molecule has 0 radical (unpaired) electrons. The smallest absolute Gasteiger partial charge is 0.328 e. The van der Waals surface area contributed by atoms with Gasteiger partial charge < -0.3 is 29.9 Å². The van der Waals surface area contributed by atoms with Crippen molar-refractivity contribution in [1.82, 2.24) is 19.7 Å². The first-order valence-electron chi connectivity index (χ1n) is 12.0. The minimum atomic E-state index is -1.26. The number of amides is 2. The third kappa shape index (κ3) is 8.32. The zero-order chi connectivity index (χ0) is 27.7. The SMILES string of the molecule is CN(CCCc1cn(-c2ccc(F)cc2)c2ccc(Cl)cc12)CCN1CCNC1=O.O=C(O)/C=C/C(=O)O. The molecule has 2 amide bonds. The lowest BCUT2D eigenvalue weighted by Gasteiger charge is -2.20. The van der Waals surface area contributed by atoms with E-state index in [1.165, 1.54) is 17.7 Å². The van der Waals surface area contributed by atoms with Crippen LogP contribution in [-0.4, -0.2) is 82.3 Å². The molecule has 4 rings (SSSR count). The van der Waals surface area contributed by atoms with E-state index in [2.05, 4.69) is 28.0 Å². The van der Waals surface area contributed by atoms with Gasteiger partial charge in [-0.05, 0) is 74.5 Å². The predicted molar refractivity (Wildman–Crippen MR) is 143 cm³/mol. The van der Waals surface area contributed by atoms with Crippen molar-refractivity contribution in [3.05, 3.63) is 77.2 Å². The average molecular weight is 545 g/mol. The van der Waals surface area contributed by atoms with E-state index in [1.807, 2.05) is 23.1 Å². The highest BCUT2D eigenvalue weighted by atomic mass is 35.5. The summed E-state index contributed by atoms with van der Waals surface area (Å²) in [5, 5.41) is 20.3. The van der Waals surface area contributed by atoms with Crippen LogP contribution in [0.4, 0.5) is 9.18 Å². The molecule has 1 saturated heterocycles. The van der Waals surface area contributed by atoms with E-state index in [1.54, 1.807) is 12.1 Å². The van der Waals surface area contributed by atoms with Crippen molar-refractivity contribution in [1.29, 1.82) is 0 Å². The number of urea groups is 1. The number of nitrogens with zero attached hydrogens (tertiary/aromatic N) is 3. The van der Waals surface area contributed by atoms with Crippen LogP contribution in [0.15, 0.2) is 60.8 Å². The summed E-state index contributed by atoms with van der Waals surface area (Å²) in [5.74, 6) is -2.76. The maximum absolute atomic E-state index is 13.3. The average Bonchev–Trinajstić information content (AvgIpc) is 3.45. The van der Waals surface area contributed by atoms with E-state index in [-0.39, 0.29) is 11.8 Å². The lowest BCUT2D eigenvalue weighted by molar-refractivity contribution is -0.134. The summed E-state index contributed by atoms with van der Waals surface area (Å²) in [5.41, 5.74) is 3.22. The number of hydrogen-bond donors (Lipinski definition) is 3. The normalized spacial score (nSPS) is 13.2. The highest BCUT2D eigenvalue weighted by Crippen LogP contribution is 2.28. The summed E-state index contributed by atoms with van der Waals surface area (Å²) < 4.78 is 15.4. The Bertz CT molecular complexity index is 1290. The van der Waals surface area contributed by atoms with Crippen molar-refractivity contribution >= 4 is 40.5 Å². The summed E-state index contributed by atoms with van der Waals surface area (Å²) >= 11 is 6.26. The first kappa shape index (κ1) is 28.7. The van der Waals surface area contributed by atoms with Crippen LogP contribution in [0.1, 0.15) is 12.0 Å². The molecule has 0 unspecified atom stereocenters.